The van der Waals surface area contributed by atoms with E-state index in [0.29, 0.717) is 19.0 Å². The number of anilines is 1. The Balaban J connectivity index is 1.40. The average molecular weight is 407 g/mol. The second kappa shape index (κ2) is 8.35. The van der Waals surface area contributed by atoms with E-state index in [0.717, 1.165) is 52.5 Å². The van der Waals surface area contributed by atoms with E-state index in [1.54, 1.807) is 0 Å². The summed E-state index contributed by atoms with van der Waals surface area (Å²) in [5.41, 5.74) is 1.11. The van der Waals surface area contributed by atoms with Crippen LogP contribution in [0.15, 0.2) is 22.5 Å². The van der Waals surface area contributed by atoms with Crippen LogP contribution in [0, 0.1) is 0 Å². The summed E-state index contributed by atoms with van der Waals surface area (Å²) in [6.45, 7) is 4.76. The Kier molecular flexibility index (Phi) is 5.68. The van der Waals surface area contributed by atoms with Crippen molar-refractivity contribution in [3.05, 3.63) is 23.8 Å². The van der Waals surface area contributed by atoms with Crippen molar-refractivity contribution < 1.29 is 14.3 Å². The van der Waals surface area contributed by atoms with Gasteiger partial charge in [-0.3, -0.25) is 4.79 Å². The second-order valence-corrected chi connectivity index (χ2v) is 8.54. The highest BCUT2D eigenvalue weighted by Crippen LogP contribution is 2.38. The highest BCUT2D eigenvalue weighted by Gasteiger charge is 2.31. The van der Waals surface area contributed by atoms with Gasteiger partial charge in [0.2, 0.25) is 11.0 Å². The first-order chi connectivity index (χ1) is 13.2. The molecule has 1 aromatic heterocycles. The molecule has 9 heteroatoms. The highest BCUT2D eigenvalue weighted by atomic mass is 32.2. The van der Waals surface area contributed by atoms with Gasteiger partial charge in [-0.1, -0.05) is 29.2 Å². The van der Waals surface area contributed by atoms with Crippen molar-refractivity contribution in [3.8, 4) is 11.5 Å². The molecule has 1 aromatic carbocycles. The van der Waals surface area contributed by atoms with E-state index in [-0.39, 0.29) is 11.9 Å². The van der Waals surface area contributed by atoms with Gasteiger partial charge >= 0.3 is 0 Å². The third kappa shape index (κ3) is 4.14. The van der Waals surface area contributed by atoms with Gasteiger partial charge in [0.05, 0.1) is 11.8 Å². The Morgan fingerprint density at radius 3 is 3.04 bits per heavy atom. The highest BCUT2D eigenvalue weighted by molar-refractivity contribution is 8.01. The molecule has 1 N–H and O–H groups in total. The van der Waals surface area contributed by atoms with Crippen molar-refractivity contribution in [2.75, 3.05) is 37.4 Å². The lowest BCUT2D eigenvalue weighted by molar-refractivity contribution is -0.129. The van der Waals surface area contributed by atoms with Gasteiger partial charge in [-0.2, -0.15) is 0 Å². The lowest BCUT2D eigenvalue weighted by atomic mass is 10.0. The van der Waals surface area contributed by atoms with Gasteiger partial charge < -0.3 is 19.7 Å². The average Bonchev–Trinajstić information content (AvgIpc) is 3.36. The second-order valence-electron chi connectivity index (χ2n) is 6.34. The Morgan fingerprint density at radius 1 is 1.33 bits per heavy atom. The Bertz CT molecular complexity index is 814. The zero-order valence-electron chi connectivity index (χ0n) is 15.1. The number of fused-ring (bicyclic) bond motifs is 1. The predicted octanol–water partition coefficient (Wildman–Crippen LogP) is 3.20. The minimum absolute atomic E-state index is 0.0978. The van der Waals surface area contributed by atoms with Crippen LogP contribution in [0.1, 0.15) is 31.4 Å². The summed E-state index contributed by atoms with van der Waals surface area (Å²) in [5.74, 6) is 2.07. The molecule has 0 saturated carbocycles. The zero-order chi connectivity index (χ0) is 18.6. The number of aromatic nitrogens is 2. The molecule has 2 aliphatic heterocycles. The molecule has 2 aliphatic rings. The molecule has 4 rings (SSSR count). The molecule has 7 nitrogen and oxygen atoms in total. The summed E-state index contributed by atoms with van der Waals surface area (Å²) in [6, 6.07) is 6.11. The number of nitrogens with zero attached hydrogens (tertiary/aromatic N) is 3. The molecule has 2 aromatic rings. The van der Waals surface area contributed by atoms with Crippen LogP contribution in [0.25, 0.3) is 0 Å². The monoisotopic (exact) mass is 406 g/mol. The molecule has 1 amide bonds. The number of ether oxygens (including phenoxy) is 2. The number of likely N-dealkylation sites (tertiary alicyclic amines) is 1. The van der Waals surface area contributed by atoms with Gasteiger partial charge in [-0.15, -0.1) is 10.2 Å². The quantitative estimate of drug-likeness (QED) is 0.738. The van der Waals surface area contributed by atoms with Crippen molar-refractivity contribution in [2.45, 2.75) is 30.1 Å². The van der Waals surface area contributed by atoms with Crippen LogP contribution in [0.4, 0.5) is 5.13 Å². The first kappa shape index (κ1) is 18.4. The molecule has 27 heavy (non-hydrogen) atoms. The zero-order valence-corrected chi connectivity index (χ0v) is 16.8. The maximum absolute atomic E-state index is 12.8. The summed E-state index contributed by atoms with van der Waals surface area (Å²) in [6.07, 6.45) is 1.98. The summed E-state index contributed by atoms with van der Waals surface area (Å²) >= 11 is 2.93. The van der Waals surface area contributed by atoms with Crippen molar-refractivity contribution in [1.29, 1.82) is 0 Å². The molecular weight excluding hydrogens is 384 g/mol. The number of hydrogen-bond acceptors (Lipinski definition) is 8. The fourth-order valence-corrected chi connectivity index (χ4v) is 5.08. The van der Waals surface area contributed by atoms with E-state index >= 15 is 0 Å². The molecule has 0 aliphatic carbocycles. The Labute approximate surface area is 166 Å². The maximum atomic E-state index is 12.8. The molecule has 1 fully saturated rings. The van der Waals surface area contributed by atoms with Crippen LogP contribution in [-0.2, 0) is 4.79 Å². The number of benzene rings is 1. The van der Waals surface area contributed by atoms with E-state index in [1.165, 1.54) is 23.1 Å². The third-order valence-corrected chi connectivity index (χ3v) is 6.58. The number of hydrogen-bond donors (Lipinski definition) is 1. The molecule has 1 atom stereocenters. The van der Waals surface area contributed by atoms with Gasteiger partial charge in [0.15, 0.2) is 15.8 Å². The molecule has 0 unspecified atom stereocenters. The summed E-state index contributed by atoms with van der Waals surface area (Å²) in [7, 11) is 0. The van der Waals surface area contributed by atoms with E-state index in [9.17, 15) is 4.79 Å². The van der Waals surface area contributed by atoms with Crippen molar-refractivity contribution >= 4 is 34.1 Å². The number of nitrogens with one attached hydrogen (secondary N) is 1. The molecule has 144 valence electrons. The topological polar surface area (TPSA) is 76.6 Å². The molecule has 1 saturated heterocycles. The van der Waals surface area contributed by atoms with Crippen molar-refractivity contribution in [2.24, 2.45) is 0 Å². The van der Waals surface area contributed by atoms with Gasteiger partial charge in [-0.25, -0.2) is 0 Å². The summed E-state index contributed by atoms with van der Waals surface area (Å²) in [4.78, 5) is 14.8. The minimum Gasteiger partial charge on any atom is -0.486 e. The number of carbonyl (C=O) groups is 1. The Morgan fingerprint density at radius 2 is 2.19 bits per heavy atom. The molecule has 0 spiro atoms. The first-order valence-corrected chi connectivity index (χ1v) is 10.9. The number of carbonyl (C=O) groups excluding carboxylic acids is 1. The maximum Gasteiger partial charge on any atom is 0.233 e. The number of rotatable bonds is 6. The van der Waals surface area contributed by atoms with Gasteiger partial charge in [-0.05, 0) is 37.5 Å². The predicted molar refractivity (Wildman–Crippen MR) is 106 cm³/mol. The third-order valence-electron chi connectivity index (χ3n) is 4.58. The first-order valence-electron chi connectivity index (χ1n) is 9.14. The smallest absolute Gasteiger partial charge is 0.233 e. The SMILES string of the molecule is CCNc1nnc(SCC(=O)N2CCC[C@@H]2c2ccc3c(c2)OCCO3)s1. The molecule has 3 heterocycles. The van der Waals surface area contributed by atoms with Crippen molar-refractivity contribution in [1.82, 2.24) is 15.1 Å². The van der Waals surface area contributed by atoms with E-state index in [4.69, 9.17) is 9.47 Å². The van der Waals surface area contributed by atoms with Crippen LogP contribution in [-0.4, -0.2) is 53.1 Å². The van der Waals surface area contributed by atoms with Gasteiger partial charge in [0.25, 0.3) is 0 Å². The minimum atomic E-state index is 0.0978. The largest absolute Gasteiger partial charge is 0.486 e. The van der Waals surface area contributed by atoms with Gasteiger partial charge in [0.1, 0.15) is 13.2 Å². The fraction of sp³-hybridized carbons (Fsp3) is 0.500. The van der Waals surface area contributed by atoms with E-state index in [2.05, 4.69) is 15.5 Å². The molecular formula is C18H22N4O3S2. The fourth-order valence-electron chi connectivity index (χ4n) is 3.38. The molecule has 0 radical (unpaired) electrons. The van der Waals surface area contributed by atoms with Crippen molar-refractivity contribution in [3.63, 3.8) is 0 Å². The van der Waals surface area contributed by atoms with E-state index in [1.807, 2.05) is 30.0 Å². The summed E-state index contributed by atoms with van der Waals surface area (Å²) in [5, 5.41) is 12.1. The van der Waals surface area contributed by atoms with Gasteiger partial charge in [0, 0.05) is 13.1 Å². The van der Waals surface area contributed by atoms with Crippen LogP contribution in [0.3, 0.4) is 0 Å². The Hall–Kier alpha value is -2.00. The molecule has 0 bridgehead atoms. The lowest BCUT2D eigenvalue weighted by Crippen LogP contribution is -2.32. The van der Waals surface area contributed by atoms with Crippen LogP contribution < -0.4 is 14.8 Å². The van der Waals surface area contributed by atoms with Crippen LogP contribution in [0.5, 0.6) is 11.5 Å². The standard InChI is InChI=1S/C18H22N4O3S2/c1-2-19-17-20-21-18(27-17)26-11-16(23)22-7-3-4-13(22)12-5-6-14-15(10-12)25-9-8-24-14/h5-6,10,13H,2-4,7-9,11H2,1H3,(H,19,20)/t13-/m1/s1. The number of thioether (sulfide) groups is 1. The summed E-state index contributed by atoms with van der Waals surface area (Å²) < 4.78 is 12.1. The lowest BCUT2D eigenvalue weighted by Gasteiger charge is -2.26. The van der Waals surface area contributed by atoms with Crippen LogP contribution in [0.2, 0.25) is 0 Å². The normalized spacial score (nSPS) is 18.6. The van der Waals surface area contributed by atoms with Crippen LogP contribution >= 0.6 is 23.1 Å². The van der Waals surface area contributed by atoms with E-state index < -0.39 is 0 Å². The number of amides is 1.